The van der Waals surface area contributed by atoms with Crippen molar-refractivity contribution in [2.75, 3.05) is 19.7 Å². The van der Waals surface area contributed by atoms with Crippen LogP contribution >= 0.6 is 35.3 Å². The predicted octanol–water partition coefficient (Wildman–Crippen LogP) is 4.56. The summed E-state index contributed by atoms with van der Waals surface area (Å²) in [6, 6.07) is 7.20. The molecule has 0 saturated carbocycles. The van der Waals surface area contributed by atoms with Crippen LogP contribution in [-0.2, 0) is 6.54 Å². The zero-order chi connectivity index (χ0) is 19.7. The van der Waals surface area contributed by atoms with Gasteiger partial charge in [-0.1, -0.05) is 19.1 Å². The number of nitrogens with one attached hydrogen (secondary N) is 2. The first kappa shape index (κ1) is 24.5. The van der Waals surface area contributed by atoms with Crippen molar-refractivity contribution in [3.8, 4) is 5.88 Å². The van der Waals surface area contributed by atoms with E-state index in [0.717, 1.165) is 18.7 Å². The predicted molar refractivity (Wildman–Crippen MR) is 117 cm³/mol. The number of ether oxygens (including phenoxy) is 1. The van der Waals surface area contributed by atoms with Crippen LogP contribution in [0.5, 0.6) is 5.88 Å². The number of rotatable bonds is 8. The monoisotopic (exact) mass is 528 g/mol. The lowest BCUT2D eigenvalue weighted by Crippen LogP contribution is -2.39. The van der Waals surface area contributed by atoms with E-state index in [0.29, 0.717) is 18.4 Å². The minimum absolute atomic E-state index is 0. The van der Waals surface area contributed by atoms with E-state index in [1.807, 2.05) is 13.0 Å². The van der Waals surface area contributed by atoms with Gasteiger partial charge in [0.25, 0.3) is 0 Å². The molecule has 156 valence electrons. The minimum Gasteiger partial charge on any atom is -0.468 e. The highest BCUT2D eigenvalue weighted by Gasteiger charge is 2.28. The van der Waals surface area contributed by atoms with Crippen molar-refractivity contribution in [2.45, 2.75) is 32.5 Å². The van der Waals surface area contributed by atoms with Gasteiger partial charge in [-0.15, -0.1) is 35.3 Å². The summed E-state index contributed by atoms with van der Waals surface area (Å²) in [4.78, 5) is 9.67. The summed E-state index contributed by atoms with van der Waals surface area (Å²) in [7, 11) is 0. The van der Waals surface area contributed by atoms with Crippen molar-refractivity contribution >= 4 is 41.3 Å². The van der Waals surface area contributed by atoms with Crippen LogP contribution in [0.15, 0.2) is 40.8 Å². The molecule has 2 heterocycles. The van der Waals surface area contributed by atoms with Gasteiger partial charge in [0.15, 0.2) is 12.6 Å². The van der Waals surface area contributed by atoms with Crippen LogP contribution in [0.4, 0.5) is 13.2 Å². The molecule has 2 aromatic rings. The van der Waals surface area contributed by atoms with E-state index in [1.165, 1.54) is 17.1 Å². The fourth-order valence-corrected chi connectivity index (χ4v) is 2.97. The molecule has 2 aromatic heterocycles. The Labute approximate surface area is 183 Å². The fourth-order valence-electron chi connectivity index (χ4n) is 2.18. The largest absolute Gasteiger partial charge is 0.468 e. The molecule has 0 saturated heterocycles. The Hall–Kier alpha value is -1.56. The molecular formula is C18H24F3IN4OS. The molecule has 1 atom stereocenters. The maximum Gasteiger partial charge on any atom is 0.422 e. The smallest absolute Gasteiger partial charge is 0.422 e. The summed E-state index contributed by atoms with van der Waals surface area (Å²) < 4.78 is 41.0. The average molecular weight is 528 g/mol. The number of pyridine rings is 1. The molecule has 0 radical (unpaired) electrons. The SMILES string of the molecule is CCNC(=NCc1ccc(OCC(F)(F)F)nc1)NCC(C)c1cccs1.I. The summed E-state index contributed by atoms with van der Waals surface area (Å²) in [5, 5.41) is 8.53. The number of aromatic nitrogens is 1. The van der Waals surface area contributed by atoms with Crippen molar-refractivity contribution in [2.24, 2.45) is 4.99 Å². The highest BCUT2D eigenvalue weighted by Crippen LogP contribution is 2.19. The molecule has 0 fully saturated rings. The third-order valence-corrected chi connectivity index (χ3v) is 4.65. The molecular weight excluding hydrogens is 504 g/mol. The summed E-state index contributed by atoms with van der Waals surface area (Å²) in [6.07, 6.45) is -2.91. The zero-order valence-corrected chi connectivity index (χ0v) is 18.8. The zero-order valence-electron chi connectivity index (χ0n) is 15.6. The van der Waals surface area contributed by atoms with Crippen LogP contribution in [0.2, 0.25) is 0 Å². The van der Waals surface area contributed by atoms with Crippen LogP contribution in [0.1, 0.15) is 30.2 Å². The second kappa shape index (κ2) is 12.1. The Morgan fingerprint density at radius 2 is 2.07 bits per heavy atom. The standard InChI is InChI=1S/C18H23F3N4OS.HI/c1-3-22-17(24-9-13(2)15-5-4-8-27-15)25-11-14-6-7-16(23-10-14)26-12-18(19,20)21;/h4-8,10,13H,3,9,11-12H2,1-2H3,(H2,22,24,25);1H. The quantitative estimate of drug-likeness (QED) is 0.300. The summed E-state index contributed by atoms with van der Waals surface area (Å²) in [5.41, 5.74) is 0.776. The average Bonchev–Trinajstić information content (AvgIpc) is 3.17. The number of alkyl halides is 3. The van der Waals surface area contributed by atoms with Gasteiger partial charge in [0, 0.05) is 36.1 Å². The van der Waals surface area contributed by atoms with Crippen LogP contribution in [0.25, 0.3) is 0 Å². The van der Waals surface area contributed by atoms with Crippen molar-refractivity contribution in [3.05, 3.63) is 46.3 Å². The van der Waals surface area contributed by atoms with E-state index in [-0.39, 0.29) is 29.9 Å². The Morgan fingerprint density at radius 3 is 2.64 bits per heavy atom. The number of guanidine groups is 1. The van der Waals surface area contributed by atoms with Gasteiger partial charge < -0.3 is 15.4 Å². The van der Waals surface area contributed by atoms with E-state index < -0.39 is 12.8 Å². The van der Waals surface area contributed by atoms with E-state index >= 15 is 0 Å². The number of hydrogen-bond donors (Lipinski definition) is 2. The number of hydrogen-bond acceptors (Lipinski definition) is 4. The Balaban J connectivity index is 0.00000392. The van der Waals surface area contributed by atoms with E-state index in [2.05, 4.69) is 43.7 Å². The third-order valence-electron chi connectivity index (χ3n) is 3.55. The van der Waals surface area contributed by atoms with Gasteiger partial charge in [-0.2, -0.15) is 13.2 Å². The highest BCUT2D eigenvalue weighted by molar-refractivity contribution is 14.0. The van der Waals surface area contributed by atoms with Crippen LogP contribution in [0, 0.1) is 0 Å². The summed E-state index contributed by atoms with van der Waals surface area (Å²) in [6.45, 7) is 4.60. The second-order valence-electron chi connectivity index (χ2n) is 5.90. The van der Waals surface area contributed by atoms with E-state index in [9.17, 15) is 13.2 Å². The Kier molecular flexibility index (Phi) is 10.6. The Morgan fingerprint density at radius 1 is 1.29 bits per heavy atom. The lowest BCUT2D eigenvalue weighted by Gasteiger charge is -2.15. The van der Waals surface area contributed by atoms with Gasteiger partial charge in [-0.05, 0) is 23.9 Å². The van der Waals surface area contributed by atoms with Crippen LogP contribution in [0.3, 0.4) is 0 Å². The molecule has 0 amide bonds. The van der Waals surface area contributed by atoms with Gasteiger partial charge in [-0.25, -0.2) is 9.98 Å². The normalized spacial score (nSPS) is 12.8. The lowest BCUT2D eigenvalue weighted by atomic mass is 10.1. The van der Waals surface area contributed by atoms with Gasteiger partial charge in [0.05, 0.1) is 6.54 Å². The van der Waals surface area contributed by atoms with Gasteiger partial charge in [0.2, 0.25) is 5.88 Å². The molecule has 10 heteroatoms. The number of aliphatic imine (C=N–C) groups is 1. The minimum atomic E-state index is -4.38. The van der Waals surface area contributed by atoms with Gasteiger partial charge in [-0.3, -0.25) is 0 Å². The Bertz CT molecular complexity index is 709. The first-order valence-electron chi connectivity index (χ1n) is 8.57. The van der Waals surface area contributed by atoms with Crippen molar-refractivity contribution in [1.82, 2.24) is 15.6 Å². The maximum absolute atomic E-state index is 12.1. The lowest BCUT2D eigenvalue weighted by molar-refractivity contribution is -0.154. The third kappa shape index (κ3) is 9.09. The molecule has 0 aliphatic heterocycles. The number of thiophene rings is 1. The first-order chi connectivity index (χ1) is 12.9. The van der Waals surface area contributed by atoms with Gasteiger partial charge >= 0.3 is 6.18 Å². The maximum atomic E-state index is 12.1. The van der Waals surface area contributed by atoms with E-state index in [1.54, 1.807) is 17.4 Å². The summed E-state index contributed by atoms with van der Waals surface area (Å²) >= 11 is 1.72. The number of halogens is 4. The van der Waals surface area contributed by atoms with E-state index in [4.69, 9.17) is 0 Å². The molecule has 2 rings (SSSR count). The molecule has 1 unspecified atom stereocenters. The topological polar surface area (TPSA) is 58.5 Å². The molecule has 0 bridgehead atoms. The summed E-state index contributed by atoms with van der Waals surface area (Å²) in [5.74, 6) is 0.980. The first-order valence-corrected chi connectivity index (χ1v) is 9.45. The van der Waals surface area contributed by atoms with Crippen molar-refractivity contribution < 1.29 is 17.9 Å². The molecule has 28 heavy (non-hydrogen) atoms. The molecule has 0 aromatic carbocycles. The molecule has 0 aliphatic rings. The molecule has 0 aliphatic carbocycles. The number of nitrogens with zero attached hydrogens (tertiary/aromatic N) is 2. The van der Waals surface area contributed by atoms with Gasteiger partial charge in [0.1, 0.15) is 0 Å². The molecule has 0 spiro atoms. The van der Waals surface area contributed by atoms with Crippen molar-refractivity contribution in [1.29, 1.82) is 0 Å². The van der Waals surface area contributed by atoms with Crippen molar-refractivity contribution in [3.63, 3.8) is 0 Å². The molecule has 2 N–H and O–H groups in total. The second-order valence-corrected chi connectivity index (χ2v) is 6.88. The molecule has 5 nitrogen and oxygen atoms in total. The highest BCUT2D eigenvalue weighted by atomic mass is 127. The van der Waals surface area contributed by atoms with Crippen LogP contribution in [-0.4, -0.2) is 36.8 Å². The van der Waals surface area contributed by atoms with Crippen LogP contribution < -0.4 is 15.4 Å². The fraction of sp³-hybridized carbons (Fsp3) is 0.444.